The number of nitrogens with one attached hydrogen (secondary N) is 1. The second-order valence-electron chi connectivity index (χ2n) is 5.75. The summed E-state index contributed by atoms with van der Waals surface area (Å²) in [5, 5.41) is 3.62. The van der Waals surface area contributed by atoms with Crippen LogP contribution in [0.15, 0.2) is 22.7 Å². The lowest BCUT2D eigenvalue weighted by Gasteiger charge is -2.42. The minimum absolute atomic E-state index is 0.0514. The van der Waals surface area contributed by atoms with Gasteiger partial charge in [0.15, 0.2) is 0 Å². The molecule has 0 radical (unpaired) electrons. The first kappa shape index (κ1) is 14.4. The Morgan fingerprint density at radius 3 is 3.10 bits per heavy atom. The number of benzene rings is 1. The first-order valence-electron chi connectivity index (χ1n) is 7.52. The summed E-state index contributed by atoms with van der Waals surface area (Å²) < 4.78 is 13.2. The highest BCUT2D eigenvalue weighted by atomic mass is 79.9. The Morgan fingerprint density at radius 2 is 2.25 bits per heavy atom. The number of halogens is 1. The van der Waals surface area contributed by atoms with Crippen LogP contribution < -0.4 is 10.1 Å². The number of hydrogen-bond donors (Lipinski definition) is 1. The molecule has 0 amide bonds. The van der Waals surface area contributed by atoms with Crippen LogP contribution in [0.25, 0.3) is 0 Å². The SMILES string of the molecule is CCNC1CC2(CCCOCC2)Oc2ccc(Br)cc21. The van der Waals surface area contributed by atoms with E-state index in [0.717, 1.165) is 55.7 Å². The maximum atomic E-state index is 6.43. The van der Waals surface area contributed by atoms with Crippen molar-refractivity contribution in [3.8, 4) is 5.75 Å². The highest BCUT2D eigenvalue weighted by molar-refractivity contribution is 9.10. The molecule has 3 rings (SSSR count). The van der Waals surface area contributed by atoms with Crippen LogP contribution in [0.4, 0.5) is 0 Å². The molecule has 0 saturated carbocycles. The molecular weight excluding hydrogens is 318 g/mol. The fraction of sp³-hybridized carbons (Fsp3) is 0.625. The first-order valence-corrected chi connectivity index (χ1v) is 8.31. The molecule has 2 unspecified atom stereocenters. The summed E-state index contributed by atoms with van der Waals surface area (Å²) in [6.45, 7) is 4.81. The van der Waals surface area contributed by atoms with Crippen LogP contribution in [0.5, 0.6) is 5.75 Å². The third-order valence-electron chi connectivity index (χ3n) is 4.32. The van der Waals surface area contributed by atoms with Crippen LogP contribution in [-0.2, 0) is 4.74 Å². The number of hydrogen-bond acceptors (Lipinski definition) is 3. The van der Waals surface area contributed by atoms with E-state index in [9.17, 15) is 0 Å². The van der Waals surface area contributed by atoms with E-state index in [0.29, 0.717) is 6.04 Å². The van der Waals surface area contributed by atoms with Crippen LogP contribution in [0.3, 0.4) is 0 Å². The Kier molecular flexibility index (Phi) is 4.34. The van der Waals surface area contributed by atoms with Gasteiger partial charge in [0.25, 0.3) is 0 Å². The molecule has 0 bridgehead atoms. The molecule has 1 N–H and O–H groups in total. The molecule has 4 heteroatoms. The number of fused-ring (bicyclic) bond motifs is 1. The standard InChI is InChI=1S/C16H22BrNO2/c1-2-18-14-11-16(6-3-8-19-9-7-16)20-15-5-4-12(17)10-13(14)15/h4-5,10,14,18H,2-3,6-9,11H2,1H3. The predicted molar refractivity (Wildman–Crippen MR) is 83.2 cm³/mol. The fourth-order valence-corrected chi connectivity index (χ4v) is 3.74. The Labute approximate surface area is 129 Å². The zero-order valence-corrected chi connectivity index (χ0v) is 13.5. The van der Waals surface area contributed by atoms with Crippen molar-refractivity contribution < 1.29 is 9.47 Å². The summed E-state index contributed by atoms with van der Waals surface area (Å²) in [6.07, 6.45) is 4.20. The van der Waals surface area contributed by atoms with Crippen LogP contribution in [0.1, 0.15) is 44.2 Å². The molecule has 2 atom stereocenters. The van der Waals surface area contributed by atoms with Crippen LogP contribution in [0.2, 0.25) is 0 Å². The maximum Gasteiger partial charge on any atom is 0.125 e. The highest BCUT2D eigenvalue weighted by Crippen LogP contribution is 2.44. The van der Waals surface area contributed by atoms with Gasteiger partial charge in [-0.05, 0) is 37.6 Å². The molecular formula is C16H22BrNO2. The molecule has 0 aliphatic carbocycles. The van der Waals surface area contributed by atoms with Gasteiger partial charge in [0.1, 0.15) is 11.4 Å². The number of rotatable bonds is 2. The van der Waals surface area contributed by atoms with Crippen LogP contribution in [-0.4, -0.2) is 25.4 Å². The topological polar surface area (TPSA) is 30.5 Å². The number of ether oxygens (including phenoxy) is 2. The largest absolute Gasteiger partial charge is 0.487 e. The summed E-state index contributed by atoms with van der Waals surface area (Å²) in [5.74, 6) is 1.03. The zero-order chi connectivity index (χ0) is 14.0. The monoisotopic (exact) mass is 339 g/mol. The van der Waals surface area contributed by atoms with Gasteiger partial charge in [-0.25, -0.2) is 0 Å². The predicted octanol–water partition coefficient (Wildman–Crippen LogP) is 3.82. The van der Waals surface area contributed by atoms with Crippen molar-refractivity contribution in [1.82, 2.24) is 5.32 Å². The smallest absolute Gasteiger partial charge is 0.125 e. The van der Waals surface area contributed by atoms with E-state index in [1.807, 2.05) is 0 Å². The summed E-state index contributed by atoms with van der Waals surface area (Å²) in [6, 6.07) is 6.71. The van der Waals surface area contributed by atoms with Crippen LogP contribution >= 0.6 is 15.9 Å². The molecule has 1 aromatic carbocycles. The molecule has 1 saturated heterocycles. The lowest BCUT2D eigenvalue weighted by atomic mass is 9.82. The van der Waals surface area contributed by atoms with E-state index in [4.69, 9.17) is 9.47 Å². The van der Waals surface area contributed by atoms with Crippen molar-refractivity contribution in [2.75, 3.05) is 19.8 Å². The maximum absolute atomic E-state index is 6.43. The molecule has 2 heterocycles. The van der Waals surface area contributed by atoms with E-state index in [1.54, 1.807) is 0 Å². The van der Waals surface area contributed by atoms with Gasteiger partial charge < -0.3 is 14.8 Å². The van der Waals surface area contributed by atoms with Crippen molar-refractivity contribution in [3.05, 3.63) is 28.2 Å². The lowest BCUT2D eigenvalue weighted by Crippen LogP contribution is -2.44. The minimum atomic E-state index is -0.0514. The molecule has 1 spiro atoms. The van der Waals surface area contributed by atoms with Crippen molar-refractivity contribution >= 4 is 15.9 Å². The van der Waals surface area contributed by atoms with Gasteiger partial charge in [-0.15, -0.1) is 0 Å². The lowest BCUT2D eigenvalue weighted by molar-refractivity contribution is 0.0110. The Balaban J connectivity index is 1.93. The molecule has 2 aliphatic rings. The van der Waals surface area contributed by atoms with Crippen molar-refractivity contribution in [3.63, 3.8) is 0 Å². The second kappa shape index (κ2) is 6.04. The first-order chi connectivity index (χ1) is 9.72. The molecule has 0 aromatic heterocycles. The van der Waals surface area contributed by atoms with E-state index < -0.39 is 0 Å². The molecule has 20 heavy (non-hydrogen) atoms. The van der Waals surface area contributed by atoms with E-state index in [1.165, 1.54) is 5.56 Å². The van der Waals surface area contributed by atoms with Gasteiger partial charge in [0.2, 0.25) is 0 Å². The third kappa shape index (κ3) is 2.87. The van der Waals surface area contributed by atoms with Gasteiger partial charge in [-0.3, -0.25) is 0 Å². The molecule has 110 valence electrons. The fourth-order valence-electron chi connectivity index (χ4n) is 3.36. The van der Waals surface area contributed by atoms with E-state index in [2.05, 4.69) is 46.4 Å². The van der Waals surface area contributed by atoms with Gasteiger partial charge in [0.05, 0.1) is 6.61 Å². The molecule has 2 aliphatic heterocycles. The quantitative estimate of drug-likeness (QED) is 0.888. The second-order valence-corrected chi connectivity index (χ2v) is 6.66. The Morgan fingerprint density at radius 1 is 1.35 bits per heavy atom. The zero-order valence-electron chi connectivity index (χ0n) is 12.0. The van der Waals surface area contributed by atoms with Gasteiger partial charge in [-0.2, -0.15) is 0 Å². The summed E-state index contributed by atoms with van der Waals surface area (Å²) in [7, 11) is 0. The summed E-state index contributed by atoms with van der Waals surface area (Å²) >= 11 is 3.57. The van der Waals surface area contributed by atoms with E-state index in [-0.39, 0.29) is 5.60 Å². The summed E-state index contributed by atoms with van der Waals surface area (Å²) in [4.78, 5) is 0. The highest BCUT2D eigenvalue weighted by Gasteiger charge is 2.41. The van der Waals surface area contributed by atoms with Crippen molar-refractivity contribution in [1.29, 1.82) is 0 Å². The van der Waals surface area contributed by atoms with Crippen molar-refractivity contribution in [2.45, 2.75) is 44.2 Å². The van der Waals surface area contributed by atoms with Crippen molar-refractivity contribution in [2.24, 2.45) is 0 Å². The summed E-state index contributed by atoms with van der Waals surface area (Å²) in [5.41, 5.74) is 1.22. The molecule has 1 fully saturated rings. The third-order valence-corrected chi connectivity index (χ3v) is 4.82. The normalized spacial score (nSPS) is 29.6. The average molecular weight is 340 g/mol. The molecule has 1 aromatic rings. The minimum Gasteiger partial charge on any atom is -0.487 e. The van der Waals surface area contributed by atoms with Crippen LogP contribution in [0, 0.1) is 0 Å². The van der Waals surface area contributed by atoms with Gasteiger partial charge >= 0.3 is 0 Å². The molecule has 3 nitrogen and oxygen atoms in total. The Bertz CT molecular complexity index is 470. The average Bonchev–Trinajstić information content (AvgIpc) is 2.66. The van der Waals surface area contributed by atoms with Gasteiger partial charge in [-0.1, -0.05) is 22.9 Å². The van der Waals surface area contributed by atoms with Gasteiger partial charge in [0, 0.05) is 35.5 Å². The van der Waals surface area contributed by atoms with E-state index >= 15 is 0 Å². The Hall–Kier alpha value is -0.580.